The second-order valence-corrected chi connectivity index (χ2v) is 6.55. The lowest BCUT2D eigenvalue weighted by Crippen LogP contribution is -1.97. The van der Waals surface area contributed by atoms with Crippen LogP contribution in [0.5, 0.6) is 0 Å². The monoisotopic (exact) mass is 334 g/mol. The van der Waals surface area contributed by atoms with E-state index in [-0.39, 0.29) is 0 Å². The van der Waals surface area contributed by atoms with E-state index >= 15 is 0 Å². The molecule has 0 unspecified atom stereocenters. The average molecular weight is 334 g/mol. The molecule has 0 aliphatic carbocycles. The van der Waals surface area contributed by atoms with E-state index in [0.29, 0.717) is 4.77 Å². The molecule has 4 nitrogen and oxygen atoms in total. The third-order valence-electron chi connectivity index (χ3n) is 4.53. The van der Waals surface area contributed by atoms with E-state index < -0.39 is 0 Å². The minimum absolute atomic E-state index is 0.593. The third kappa shape index (κ3) is 2.29. The zero-order valence-corrected chi connectivity index (χ0v) is 14.7. The maximum atomic E-state index is 5.45. The van der Waals surface area contributed by atoms with Crippen LogP contribution in [0, 0.1) is 25.5 Å². The number of nitrogens with zero attached hydrogens (tertiary/aromatic N) is 2. The highest BCUT2D eigenvalue weighted by atomic mass is 32.1. The Kier molecular flexibility index (Phi) is 3.39. The molecule has 0 saturated carbocycles. The molecule has 2 aromatic heterocycles. The van der Waals surface area contributed by atoms with E-state index in [1.807, 2.05) is 4.57 Å². The Morgan fingerprint density at radius 2 is 1.75 bits per heavy atom. The summed E-state index contributed by atoms with van der Waals surface area (Å²) >= 11 is 5.45. The molecule has 4 rings (SSSR count). The molecule has 0 spiro atoms. The van der Waals surface area contributed by atoms with E-state index in [1.54, 1.807) is 0 Å². The minimum atomic E-state index is 0.593. The summed E-state index contributed by atoms with van der Waals surface area (Å²) in [5.41, 5.74) is 6.87. The van der Waals surface area contributed by atoms with Gasteiger partial charge in [0.25, 0.3) is 0 Å². The van der Waals surface area contributed by atoms with Crippen molar-refractivity contribution in [1.29, 1.82) is 0 Å². The highest BCUT2D eigenvalue weighted by Crippen LogP contribution is 2.28. The lowest BCUT2D eigenvalue weighted by molar-refractivity contribution is 1.03. The third-order valence-corrected chi connectivity index (χ3v) is 4.80. The van der Waals surface area contributed by atoms with E-state index in [0.717, 1.165) is 22.6 Å². The summed E-state index contributed by atoms with van der Waals surface area (Å²) < 4.78 is 2.57. The highest BCUT2D eigenvalue weighted by molar-refractivity contribution is 7.71. The van der Waals surface area contributed by atoms with Crippen LogP contribution in [0.25, 0.3) is 28.0 Å². The molecule has 0 radical (unpaired) electrons. The van der Waals surface area contributed by atoms with Crippen LogP contribution in [0.1, 0.15) is 16.8 Å². The number of aromatic amines is 2. The van der Waals surface area contributed by atoms with Crippen LogP contribution < -0.4 is 0 Å². The van der Waals surface area contributed by atoms with E-state index in [9.17, 15) is 0 Å². The molecule has 5 heteroatoms. The fraction of sp³-hybridized carbons (Fsp3) is 0.158. The average Bonchev–Trinajstić information content (AvgIpc) is 3.09. The fourth-order valence-electron chi connectivity index (χ4n) is 3.02. The van der Waals surface area contributed by atoms with Crippen molar-refractivity contribution in [2.24, 2.45) is 0 Å². The van der Waals surface area contributed by atoms with Crippen molar-refractivity contribution in [3.8, 4) is 17.1 Å². The SMILES string of the molecule is Cc1ccc(-n2c(-c3ccc4[nH]c(C)c(C)c4c3)n[nH]c2=S)cc1. The first-order valence-electron chi connectivity index (χ1n) is 7.88. The van der Waals surface area contributed by atoms with Gasteiger partial charge in [-0.05, 0) is 68.9 Å². The van der Waals surface area contributed by atoms with Gasteiger partial charge in [-0.3, -0.25) is 9.67 Å². The number of aryl methyl sites for hydroxylation is 3. The molecule has 0 atom stereocenters. The molecule has 0 bridgehead atoms. The first-order valence-corrected chi connectivity index (χ1v) is 8.29. The van der Waals surface area contributed by atoms with Crippen LogP contribution in [-0.2, 0) is 0 Å². The Labute approximate surface area is 145 Å². The van der Waals surface area contributed by atoms with Gasteiger partial charge in [0.1, 0.15) is 0 Å². The number of nitrogens with one attached hydrogen (secondary N) is 2. The number of benzene rings is 2. The molecule has 24 heavy (non-hydrogen) atoms. The van der Waals surface area contributed by atoms with Crippen molar-refractivity contribution in [2.75, 3.05) is 0 Å². The van der Waals surface area contributed by atoms with Gasteiger partial charge in [-0.2, -0.15) is 5.10 Å². The smallest absolute Gasteiger partial charge is 0.200 e. The molecule has 4 aromatic rings. The maximum absolute atomic E-state index is 5.45. The maximum Gasteiger partial charge on any atom is 0.200 e. The first kappa shape index (κ1) is 14.9. The molecule has 0 amide bonds. The minimum Gasteiger partial charge on any atom is -0.358 e. The van der Waals surface area contributed by atoms with Gasteiger partial charge >= 0.3 is 0 Å². The molecule has 2 aromatic carbocycles. The van der Waals surface area contributed by atoms with Crippen LogP contribution in [0.4, 0.5) is 0 Å². The number of aromatic nitrogens is 4. The van der Waals surface area contributed by atoms with Crippen molar-refractivity contribution in [3.05, 3.63) is 64.1 Å². The Morgan fingerprint density at radius 1 is 1.00 bits per heavy atom. The van der Waals surface area contributed by atoms with Crippen LogP contribution >= 0.6 is 12.2 Å². The van der Waals surface area contributed by atoms with Gasteiger partial charge in [0.2, 0.25) is 0 Å². The summed E-state index contributed by atoms with van der Waals surface area (Å²) in [6, 6.07) is 14.6. The van der Waals surface area contributed by atoms with E-state index in [2.05, 4.69) is 78.4 Å². The van der Waals surface area contributed by atoms with Gasteiger partial charge in [-0.15, -0.1) is 0 Å². The Morgan fingerprint density at radius 3 is 2.50 bits per heavy atom. The van der Waals surface area contributed by atoms with E-state index in [1.165, 1.54) is 22.2 Å². The van der Waals surface area contributed by atoms with Crippen molar-refractivity contribution in [2.45, 2.75) is 20.8 Å². The molecular weight excluding hydrogens is 316 g/mol. The number of hydrogen-bond donors (Lipinski definition) is 2. The lowest BCUT2D eigenvalue weighted by atomic mass is 10.1. The standard InChI is InChI=1S/C19H18N4S/c1-11-4-7-15(8-5-11)23-18(21-22-19(23)24)14-6-9-17-16(10-14)12(2)13(3)20-17/h4-10,20H,1-3H3,(H,22,24). The van der Waals surface area contributed by atoms with Crippen LogP contribution in [-0.4, -0.2) is 19.7 Å². The van der Waals surface area contributed by atoms with E-state index in [4.69, 9.17) is 12.2 Å². The molecule has 0 aliphatic rings. The van der Waals surface area contributed by atoms with Gasteiger partial charge in [0, 0.05) is 27.8 Å². The summed E-state index contributed by atoms with van der Waals surface area (Å²) in [5, 5.41) is 8.61. The van der Waals surface area contributed by atoms with Gasteiger partial charge in [0.15, 0.2) is 10.6 Å². The summed E-state index contributed by atoms with van der Waals surface area (Å²) in [6.45, 7) is 6.30. The largest absolute Gasteiger partial charge is 0.358 e. The van der Waals surface area contributed by atoms with Crippen molar-refractivity contribution in [1.82, 2.24) is 19.7 Å². The predicted octanol–water partition coefficient (Wildman–Crippen LogP) is 5.00. The first-order chi connectivity index (χ1) is 11.5. The van der Waals surface area contributed by atoms with Crippen molar-refractivity contribution < 1.29 is 0 Å². The summed E-state index contributed by atoms with van der Waals surface area (Å²) in [5.74, 6) is 0.823. The van der Waals surface area contributed by atoms with Gasteiger partial charge < -0.3 is 4.98 Å². The zero-order chi connectivity index (χ0) is 16.8. The summed E-state index contributed by atoms with van der Waals surface area (Å²) in [7, 11) is 0. The highest BCUT2D eigenvalue weighted by Gasteiger charge is 2.13. The molecule has 2 heterocycles. The number of rotatable bonds is 2. The normalized spacial score (nSPS) is 11.3. The number of H-pyrrole nitrogens is 2. The Balaban J connectivity index is 1.93. The molecule has 0 aliphatic heterocycles. The summed E-state index contributed by atoms with van der Waals surface area (Å²) in [6.07, 6.45) is 0. The Hall–Kier alpha value is -2.66. The Bertz CT molecular complexity index is 1100. The number of fused-ring (bicyclic) bond motifs is 1. The van der Waals surface area contributed by atoms with Crippen LogP contribution in [0.2, 0.25) is 0 Å². The van der Waals surface area contributed by atoms with Gasteiger partial charge in [-0.25, -0.2) is 0 Å². The molecule has 0 saturated heterocycles. The van der Waals surface area contributed by atoms with Crippen LogP contribution in [0.15, 0.2) is 42.5 Å². The van der Waals surface area contributed by atoms with Crippen molar-refractivity contribution >= 4 is 23.1 Å². The second-order valence-electron chi connectivity index (χ2n) is 6.16. The van der Waals surface area contributed by atoms with Gasteiger partial charge in [0.05, 0.1) is 0 Å². The molecule has 0 fully saturated rings. The fourth-order valence-corrected chi connectivity index (χ4v) is 3.26. The predicted molar refractivity (Wildman–Crippen MR) is 100 cm³/mol. The summed E-state index contributed by atoms with van der Waals surface area (Å²) in [4.78, 5) is 3.41. The van der Waals surface area contributed by atoms with Gasteiger partial charge in [-0.1, -0.05) is 17.7 Å². The molecule has 120 valence electrons. The topological polar surface area (TPSA) is 49.4 Å². The second kappa shape index (κ2) is 5.46. The quantitative estimate of drug-likeness (QED) is 0.507. The van der Waals surface area contributed by atoms with Crippen LogP contribution in [0.3, 0.4) is 0 Å². The zero-order valence-electron chi connectivity index (χ0n) is 13.8. The number of hydrogen-bond acceptors (Lipinski definition) is 2. The molecular formula is C19H18N4S. The lowest BCUT2D eigenvalue weighted by Gasteiger charge is -2.08. The molecule has 2 N–H and O–H groups in total. The van der Waals surface area contributed by atoms with Crippen molar-refractivity contribution in [3.63, 3.8) is 0 Å².